The van der Waals surface area contributed by atoms with Crippen LogP contribution in [0, 0.1) is 11.3 Å². The lowest BCUT2D eigenvalue weighted by atomic mass is 9.95. The molecule has 0 aromatic heterocycles. The van der Waals surface area contributed by atoms with Crippen molar-refractivity contribution < 1.29 is 26.4 Å². The first-order chi connectivity index (χ1) is 9.27. The minimum Gasteiger partial charge on any atom is -0.333 e. The molecule has 0 aliphatic carbocycles. The Morgan fingerprint density at radius 3 is 2.14 bits per heavy atom. The molecule has 21 heavy (non-hydrogen) atoms. The van der Waals surface area contributed by atoms with Crippen LogP contribution in [0.1, 0.15) is 33.6 Å². The van der Waals surface area contributed by atoms with Gasteiger partial charge in [0, 0.05) is 13.0 Å². The number of sulfone groups is 1. The van der Waals surface area contributed by atoms with Gasteiger partial charge in [0.05, 0.1) is 11.5 Å². The fourth-order valence-electron chi connectivity index (χ4n) is 2.43. The molecule has 1 heterocycles. The lowest BCUT2D eigenvalue weighted by Crippen LogP contribution is -2.44. The zero-order chi connectivity index (χ0) is 16.5. The fraction of sp³-hybridized carbons (Fsp3) is 0.923. The number of alkyl halides is 3. The van der Waals surface area contributed by atoms with Gasteiger partial charge in [0.1, 0.15) is 6.54 Å². The van der Waals surface area contributed by atoms with E-state index in [1.807, 2.05) is 0 Å². The molecule has 1 amide bonds. The SMILES string of the molecule is CC(C)(C)CN(CC(F)(F)F)C(=O)C[C@@H]1CCS(=O)(=O)C1. The Balaban J connectivity index is 2.71. The van der Waals surface area contributed by atoms with E-state index in [0.29, 0.717) is 6.42 Å². The minimum absolute atomic E-state index is 0.00911. The second-order valence-electron chi connectivity index (χ2n) is 6.90. The van der Waals surface area contributed by atoms with E-state index in [-0.39, 0.29) is 30.4 Å². The highest BCUT2D eigenvalue weighted by Gasteiger charge is 2.36. The van der Waals surface area contributed by atoms with Crippen LogP contribution in [-0.4, -0.2) is 50.0 Å². The summed E-state index contributed by atoms with van der Waals surface area (Å²) < 4.78 is 60.5. The van der Waals surface area contributed by atoms with E-state index in [2.05, 4.69) is 0 Å². The Labute approximate surface area is 123 Å². The van der Waals surface area contributed by atoms with Gasteiger partial charge in [-0.05, 0) is 17.8 Å². The van der Waals surface area contributed by atoms with Gasteiger partial charge in [0.25, 0.3) is 0 Å². The molecule has 1 atom stereocenters. The number of halogens is 3. The van der Waals surface area contributed by atoms with E-state index in [1.165, 1.54) is 0 Å². The average Bonchev–Trinajstić information content (AvgIpc) is 2.52. The summed E-state index contributed by atoms with van der Waals surface area (Å²) in [6.07, 6.45) is -4.24. The van der Waals surface area contributed by atoms with Crippen molar-refractivity contribution in [2.45, 2.75) is 39.8 Å². The molecule has 0 aromatic carbocycles. The Kier molecular flexibility index (Phi) is 5.34. The predicted molar refractivity (Wildman–Crippen MR) is 73.5 cm³/mol. The summed E-state index contributed by atoms with van der Waals surface area (Å²) >= 11 is 0. The standard InChI is InChI=1S/C13H22F3NO3S/c1-12(2,3)8-17(9-13(14,15)16)11(18)6-10-4-5-21(19,20)7-10/h10H,4-9H2,1-3H3/t10-/m0/s1. The molecule has 0 N–H and O–H groups in total. The zero-order valence-corrected chi connectivity index (χ0v) is 13.4. The molecule has 0 radical (unpaired) electrons. The second kappa shape index (κ2) is 6.14. The van der Waals surface area contributed by atoms with Crippen molar-refractivity contribution in [3.63, 3.8) is 0 Å². The van der Waals surface area contributed by atoms with Crippen LogP contribution < -0.4 is 0 Å². The molecule has 0 bridgehead atoms. The first-order valence-corrected chi connectivity index (χ1v) is 8.64. The van der Waals surface area contributed by atoms with Gasteiger partial charge in [-0.3, -0.25) is 4.79 Å². The van der Waals surface area contributed by atoms with Gasteiger partial charge in [-0.2, -0.15) is 13.2 Å². The molecule has 1 fully saturated rings. The van der Waals surface area contributed by atoms with E-state index in [0.717, 1.165) is 4.90 Å². The van der Waals surface area contributed by atoms with Crippen LogP contribution in [0.3, 0.4) is 0 Å². The number of rotatable bonds is 4. The molecule has 1 saturated heterocycles. The molecule has 4 nitrogen and oxygen atoms in total. The van der Waals surface area contributed by atoms with Gasteiger partial charge in [0.2, 0.25) is 5.91 Å². The summed E-state index contributed by atoms with van der Waals surface area (Å²) in [5.74, 6) is -1.07. The van der Waals surface area contributed by atoms with Crippen molar-refractivity contribution in [2.75, 3.05) is 24.6 Å². The van der Waals surface area contributed by atoms with Crippen LogP contribution in [0.15, 0.2) is 0 Å². The molecule has 124 valence electrons. The van der Waals surface area contributed by atoms with Crippen LogP contribution in [0.2, 0.25) is 0 Å². The van der Waals surface area contributed by atoms with E-state index in [1.54, 1.807) is 20.8 Å². The first-order valence-electron chi connectivity index (χ1n) is 6.82. The van der Waals surface area contributed by atoms with E-state index in [4.69, 9.17) is 0 Å². The molecule has 0 unspecified atom stereocenters. The summed E-state index contributed by atoms with van der Waals surface area (Å²) in [5, 5.41) is 0. The minimum atomic E-state index is -4.46. The molecular formula is C13H22F3NO3S. The summed E-state index contributed by atoms with van der Waals surface area (Å²) in [5.41, 5.74) is -0.456. The molecule has 0 spiro atoms. The molecular weight excluding hydrogens is 307 g/mol. The number of carbonyl (C=O) groups is 1. The summed E-state index contributed by atoms with van der Waals surface area (Å²) in [4.78, 5) is 12.9. The number of carbonyl (C=O) groups excluding carboxylic acids is 1. The number of amides is 1. The second-order valence-corrected chi connectivity index (χ2v) is 9.13. The van der Waals surface area contributed by atoms with E-state index < -0.39 is 33.9 Å². The maximum absolute atomic E-state index is 12.6. The normalized spacial score (nSPS) is 22.3. The van der Waals surface area contributed by atoms with Gasteiger partial charge in [0.15, 0.2) is 9.84 Å². The largest absolute Gasteiger partial charge is 0.406 e. The maximum atomic E-state index is 12.6. The monoisotopic (exact) mass is 329 g/mol. The number of nitrogens with zero attached hydrogens (tertiary/aromatic N) is 1. The topological polar surface area (TPSA) is 54.5 Å². The smallest absolute Gasteiger partial charge is 0.333 e. The predicted octanol–water partition coefficient (Wildman–Crippen LogP) is 2.25. The van der Waals surface area contributed by atoms with Gasteiger partial charge < -0.3 is 4.90 Å². The van der Waals surface area contributed by atoms with E-state index >= 15 is 0 Å². The average molecular weight is 329 g/mol. The number of hydrogen-bond acceptors (Lipinski definition) is 3. The Morgan fingerprint density at radius 1 is 1.19 bits per heavy atom. The van der Waals surface area contributed by atoms with Crippen molar-refractivity contribution in [1.29, 1.82) is 0 Å². The zero-order valence-electron chi connectivity index (χ0n) is 12.5. The van der Waals surface area contributed by atoms with Crippen molar-refractivity contribution in [2.24, 2.45) is 11.3 Å². The Hall–Kier alpha value is -0.790. The lowest BCUT2D eigenvalue weighted by Gasteiger charge is -2.31. The molecule has 0 aromatic rings. The third kappa shape index (κ3) is 7.15. The highest BCUT2D eigenvalue weighted by Crippen LogP contribution is 2.26. The third-order valence-electron chi connectivity index (χ3n) is 3.18. The van der Waals surface area contributed by atoms with Gasteiger partial charge in [-0.1, -0.05) is 20.8 Å². The quantitative estimate of drug-likeness (QED) is 0.795. The van der Waals surface area contributed by atoms with Crippen LogP contribution >= 0.6 is 0 Å². The Bertz CT molecular complexity index is 464. The summed E-state index contributed by atoms with van der Waals surface area (Å²) in [7, 11) is -3.13. The summed E-state index contributed by atoms with van der Waals surface area (Å²) in [6, 6.07) is 0. The third-order valence-corrected chi connectivity index (χ3v) is 5.02. The molecule has 1 rings (SSSR count). The molecule has 8 heteroatoms. The fourth-order valence-corrected chi connectivity index (χ4v) is 4.29. The van der Waals surface area contributed by atoms with Crippen molar-refractivity contribution in [3.8, 4) is 0 Å². The van der Waals surface area contributed by atoms with Crippen LogP contribution in [-0.2, 0) is 14.6 Å². The van der Waals surface area contributed by atoms with Gasteiger partial charge in [-0.15, -0.1) is 0 Å². The summed E-state index contributed by atoms with van der Waals surface area (Å²) in [6.45, 7) is 3.96. The van der Waals surface area contributed by atoms with Crippen molar-refractivity contribution in [1.82, 2.24) is 4.90 Å². The molecule has 1 aliphatic rings. The maximum Gasteiger partial charge on any atom is 0.406 e. The highest BCUT2D eigenvalue weighted by atomic mass is 32.2. The Morgan fingerprint density at radius 2 is 1.76 bits per heavy atom. The van der Waals surface area contributed by atoms with Gasteiger partial charge in [-0.25, -0.2) is 8.42 Å². The van der Waals surface area contributed by atoms with Crippen molar-refractivity contribution >= 4 is 15.7 Å². The first kappa shape index (κ1) is 18.3. The lowest BCUT2D eigenvalue weighted by molar-refractivity contribution is -0.164. The molecule has 1 aliphatic heterocycles. The van der Waals surface area contributed by atoms with E-state index in [9.17, 15) is 26.4 Å². The highest BCUT2D eigenvalue weighted by molar-refractivity contribution is 7.91. The van der Waals surface area contributed by atoms with Crippen LogP contribution in [0.4, 0.5) is 13.2 Å². The van der Waals surface area contributed by atoms with Crippen LogP contribution in [0.5, 0.6) is 0 Å². The van der Waals surface area contributed by atoms with Gasteiger partial charge >= 0.3 is 6.18 Å². The number of hydrogen-bond donors (Lipinski definition) is 0. The molecule has 0 saturated carbocycles. The van der Waals surface area contributed by atoms with Crippen molar-refractivity contribution in [3.05, 3.63) is 0 Å². The van der Waals surface area contributed by atoms with Crippen LogP contribution in [0.25, 0.3) is 0 Å².